The molecule has 2 rings (SSSR count). The smallest absolute Gasteiger partial charge is 0.122 e. The van der Waals surface area contributed by atoms with Crippen molar-refractivity contribution < 1.29 is 10.2 Å². The van der Waals surface area contributed by atoms with Gasteiger partial charge in [-0.15, -0.1) is 0 Å². The van der Waals surface area contributed by atoms with Crippen molar-refractivity contribution >= 4 is 13.9 Å². The van der Waals surface area contributed by atoms with Gasteiger partial charge in [0.25, 0.3) is 0 Å². The second-order valence-electron chi connectivity index (χ2n) is 9.77. The summed E-state index contributed by atoms with van der Waals surface area (Å²) in [6.07, 6.45) is 2.74. The quantitative estimate of drug-likeness (QED) is 0.491. The zero-order valence-electron chi connectivity index (χ0n) is 19.5. The van der Waals surface area contributed by atoms with E-state index in [9.17, 15) is 10.2 Å². The zero-order chi connectivity index (χ0) is 22.0. The third kappa shape index (κ3) is 5.62. The summed E-state index contributed by atoms with van der Waals surface area (Å²) in [5.41, 5.74) is 5.45. The van der Waals surface area contributed by atoms with Gasteiger partial charge in [-0.25, -0.2) is 0 Å². The molecule has 3 heteroatoms. The number of benzene rings is 2. The van der Waals surface area contributed by atoms with E-state index in [1.807, 2.05) is 13.8 Å². The fourth-order valence-corrected chi connectivity index (χ4v) is 5.68. The molecule has 0 saturated carbocycles. The Labute approximate surface area is 179 Å². The van der Waals surface area contributed by atoms with Crippen LogP contribution in [0.15, 0.2) is 30.3 Å². The number of aryl methyl sites for hydroxylation is 2. The molecule has 0 aliphatic carbocycles. The van der Waals surface area contributed by atoms with E-state index in [1.165, 1.54) is 10.9 Å². The summed E-state index contributed by atoms with van der Waals surface area (Å²) < 4.78 is 0. The molecule has 0 bridgehead atoms. The fourth-order valence-electron chi connectivity index (χ4n) is 3.87. The van der Waals surface area contributed by atoms with Gasteiger partial charge in [-0.1, -0.05) is 91.9 Å². The third-order valence-electron chi connectivity index (χ3n) is 5.86. The molecular formula is C26H39O2P. The molecule has 0 spiro atoms. The van der Waals surface area contributed by atoms with Gasteiger partial charge in [0.15, 0.2) is 0 Å². The van der Waals surface area contributed by atoms with Crippen molar-refractivity contribution in [2.24, 2.45) is 0 Å². The van der Waals surface area contributed by atoms with Crippen molar-refractivity contribution in [1.29, 1.82) is 0 Å². The Morgan fingerprint density at radius 1 is 1.03 bits per heavy atom. The molecule has 2 aromatic carbocycles. The first kappa shape index (κ1) is 23.9. The van der Waals surface area contributed by atoms with Gasteiger partial charge in [0.1, 0.15) is 5.75 Å². The molecular weight excluding hydrogens is 375 g/mol. The second-order valence-corrected chi connectivity index (χ2v) is 11.7. The molecule has 2 nitrogen and oxygen atoms in total. The number of aliphatic hydroxyl groups excluding tert-OH is 1. The van der Waals surface area contributed by atoms with Crippen molar-refractivity contribution in [1.82, 2.24) is 0 Å². The summed E-state index contributed by atoms with van der Waals surface area (Å²) in [5, 5.41) is 22.5. The number of unbranched alkanes of at least 4 members (excludes halogenated alkanes) is 1. The highest BCUT2D eigenvalue weighted by molar-refractivity contribution is 7.48. The molecule has 0 aliphatic rings. The predicted molar refractivity (Wildman–Crippen MR) is 128 cm³/mol. The average Bonchev–Trinajstić information content (AvgIpc) is 2.62. The Kier molecular flexibility index (Phi) is 7.57. The van der Waals surface area contributed by atoms with Gasteiger partial charge in [-0.3, -0.25) is 0 Å². The number of phenolic OH excluding ortho intramolecular Hbond substituents is 1. The number of phenols is 1. The molecule has 0 heterocycles. The summed E-state index contributed by atoms with van der Waals surface area (Å²) in [5.74, 6) is 0.426. The minimum Gasteiger partial charge on any atom is -0.507 e. The molecule has 2 N–H and O–H groups in total. The van der Waals surface area contributed by atoms with Crippen molar-refractivity contribution in [2.75, 3.05) is 0 Å². The fraction of sp³-hybridized carbons (Fsp3) is 0.538. The maximum atomic E-state index is 11.1. The van der Waals surface area contributed by atoms with Crippen LogP contribution in [0.3, 0.4) is 0 Å². The van der Waals surface area contributed by atoms with Crippen LogP contribution in [0.2, 0.25) is 0 Å². The summed E-state index contributed by atoms with van der Waals surface area (Å²) in [6.45, 7) is 17.1. The van der Waals surface area contributed by atoms with E-state index in [2.05, 4.69) is 71.9 Å². The zero-order valence-corrected chi connectivity index (χ0v) is 20.5. The number of hydrogen-bond acceptors (Lipinski definition) is 2. The lowest BCUT2D eigenvalue weighted by Gasteiger charge is -2.34. The molecule has 3 atom stereocenters. The van der Waals surface area contributed by atoms with Crippen LogP contribution in [0.4, 0.5) is 0 Å². The molecule has 3 unspecified atom stereocenters. The van der Waals surface area contributed by atoms with Crippen LogP contribution in [0, 0.1) is 13.8 Å². The minimum absolute atomic E-state index is 0.0244. The molecule has 29 heavy (non-hydrogen) atoms. The Hall–Kier alpha value is -1.37. The van der Waals surface area contributed by atoms with Crippen molar-refractivity contribution in [3.63, 3.8) is 0 Å². The summed E-state index contributed by atoms with van der Waals surface area (Å²) in [7, 11) is 0.476. The molecule has 0 fully saturated rings. The highest BCUT2D eigenvalue weighted by Gasteiger charge is 2.32. The Morgan fingerprint density at radius 3 is 2.24 bits per heavy atom. The minimum atomic E-state index is -0.496. The van der Waals surface area contributed by atoms with Gasteiger partial charge in [0.2, 0.25) is 0 Å². The van der Waals surface area contributed by atoms with E-state index >= 15 is 0 Å². The van der Waals surface area contributed by atoms with E-state index in [-0.39, 0.29) is 10.6 Å². The normalized spacial score (nSPS) is 15.6. The van der Waals surface area contributed by atoms with Gasteiger partial charge >= 0.3 is 0 Å². The lowest BCUT2D eigenvalue weighted by Crippen LogP contribution is -2.23. The molecule has 0 amide bonds. The average molecular weight is 415 g/mol. The van der Waals surface area contributed by atoms with E-state index in [0.29, 0.717) is 14.3 Å². The van der Waals surface area contributed by atoms with E-state index < -0.39 is 6.10 Å². The maximum absolute atomic E-state index is 11.1. The van der Waals surface area contributed by atoms with Crippen molar-refractivity contribution in [3.8, 4) is 5.75 Å². The standard InChI is InChI=1S/C26H39O2P/c1-9-10-13-26(8,29-23-12-11-17(2)14-21(23)19(4)27)22-16-20(25(5,6)7)15-18(3)24(22)28/h11-12,14-16,19,27-29H,9-10,13H2,1-8H3. The van der Waals surface area contributed by atoms with Gasteiger partial charge in [-0.05, 0) is 54.6 Å². The lowest BCUT2D eigenvalue weighted by atomic mass is 9.82. The number of rotatable bonds is 7. The third-order valence-corrected chi connectivity index (χ3v) is 7.65. The first-order valence-corrected chi connectivity index (χ1v) is 11.8. The highest BCUT2D eigenvalue weighted by Crippen LogP contribution is 2.50. The molecule has 2 aromatic rings. The monoisotopic (exact) mass is 414 g/mol. The maximum Gasteiger partial charge on any atom is 0.122 e. The van der Waals surface area contributed by atoms with Crippen LogP contribution in [0.1, 0.15) is 94.7 Å². The van der Waals surface area contributed by atoms with E-state index in [0.717, 1.165) is 41.5 Å². The van der Waals surface area contributed by atoms with Gasteiger partial charge in [-0.2, -0.15) is 0 Å². The first-order chi connectivity index (χ1) is 13.4. The van der Waals surface area contributed by atoms with Crippen molar-refractivity contribution in [2.45, 2.75) is 91.3 Å². The van der Waals surface area contributed by atoms with E-state index in [1.54, 1.807) is 0 Å². The lowest BCUT2D eigenvalue weighted by molar-refractivity contribution is 0.200. The molecule has 0 saturated heterocycles. The molecule has 160 valence electrons. The summed E-state index contributed by atoms with van der Waals surface area (Å²) in [4.78, 5) is 0. The molecule has 0 aliphatic heterocycles. The van der Waals surface area contributed by atoms with Crippen LogP contribution in [-0.2, 0) is 10.6 Å². The number of hydrogen-bond donors (Lipinski definition) is 2. The second kappa shape index (κ2) is 9.19. The topological polar surface area (TPSA) is 40.5 Å². The summed E-state index contributed by atoms with van der Waals surface area (Å²) in [6, 6.07) is 10.7. The Balaban J connectivity index is 2.64. The predicted octanol–water partition coefficient (Wildman–Crippen LogP) is 6.77. The first-order valence-electron chi connectivity index (χ1n) is 10.8. The number of aliphatic hydroxyl groups is 1. The molecule has 0 aromatic heterocycles. The van der Waals surface area contributed by atoms with Gasteiger partial charge in [0.05, 0.1) is 6.10 Å². The van der Waals surface area contributed by atoms with Crippen LogP contribution >= 0.6 is 8.58 Å². The SMILES string of the molecule is CCCCC(C)(Pc1ccc(C)cc1C(C)O)c1cc(C(C)(C)C)cc(C)c1O. The van der Waals surface area contributed by atoms with Crippen LogP contribution < -0.4 is 5.30 Å². The van der Waals surface area contributed by atoms with Gasteiger partial charge < -0.3 is 10.2 Å². The Bertz CT molecular complexity index is 849. The van der Waals surface area contributed by atoms with Crippen LogP contribution in [-0.4, -0.2) is 10.2 Å². The van der Waals surface area contributed by atoms with Crippen molar-refractivity contribution in [3.05, 3.63) is 58.1 Å². The van der Waals surface area contributed by atoms with E-state index in [4.69, 9.17) is 0 Å². The largest absolute Gasteiger partial charge is 0.507 e. The number of aromatic hydroxyl groups is 1. The Morgan fingerprint density at radius 2 is 1.69 bits per heavy atom. The molecule has 0 radical (unpaired) electrons. The van der Waals surface area contributed by atoms with Gasteiger partial charge in [0, 0.05) is 10.7 Å². The highest BCUT2D eigenvalue weighted by atomic mass is 31.1. The van der Waals surface area contributed by atoms with Crippen LogP contribution in [0.25, 0.3) is 0 Å². The van der Waals surface area contributed by atoms with Crippen LogP contribution in [0.5, 0.6) is 5.75 Å². The summed E-state index contributed by atoms with van der Waals surface area (Å²) >= 11 is 0.